The quantitative estimate of drug-likeness (QED) is 0.657. The number of aromatic hydroxyl groups is 1. The molecule has 1 unspecified atom stereocenters. The van der Waals surface area contributed by atoms with Crippen LogP contribution in [0.25, 0.3) is 11.6 Å². The Morgan fingerprint density at radius 3 is 2.12 bits per heavy atom. The predicted octanol–water partition coefficient (Wildman–Crippen LogP) is 6.16. The number of fused-ring (bicyclic) bond motifs is 1. The highest BCUT2D eigenvalue weighted by molar-refractivity contribution is 5.81. The van der Waals surface area contributed by atoms with Crippen molar-refractivity contribution >= 4 is 11.6 Å². The molecule has 2 aromatic carbocycles. The molecule has 2 aromatic rings. The summed E-state index contributed by atoms with van der Waals surface area (Å²) in [6, 6.07) is 14.3. The monoisotopic (exact) mass is 320 g/mol. The number of rotatable bonds is 2. The Kier molecular flexibility index (Phi) is 3.86. The highest BCUT2D eigenvalue weighted by Crippen LogP contribution is 2.53. The van der Waals surface area contributed by atoms with E-state index >= 15 is 0 Å². The van der Waals surface area contributed by atoms with Gasteiger partial charge in [-0.3, -0.25) is 0 Å². The number of phenols is 1. The molecule has 1 aliphatic carbocycles. The fourth-order valence-electron chi connectivity index (χ4n) is 4.16. The fraction of sp³-hybridized carbons (Fsp3) is 0.391. The lowest BCUT2D eigenvalue weighted by Crippen LogP contribution is -2.30. The van der Waals surface area contributed by atoms with E-state index < -0.39 is 0 Å². The number of phenolic OH excluding ortho intramolecular Hbond substituents is 1. The number of hydrogen-bond donors (Lipinski definition) is 1. The standard InChI is InChI=1S/C23H28O/c1-15(13-17-7-10-19(24)11-8-17)18-9-12-20-21(14-18)23(5,6)16(2)22(20,3)4/h7-14,16,24H,1-6H3. The van der Waals surface area contributed by atoms with E-state index in [1.807, 2.05) is 12.1 Å². The zero-order valence-electron chi connectivity index (χ0n) is 15.6. The van der Waals surface area contributed by atoms with Crippen LogP contribution in [-0.4, -0.2) is 5.11 Å². The minimum Gasteiger partial charge on any atom is -0.508 e. The van der Waals surface area contributed by atoms with Crippen molar-refractivity contribution in [3.63, 3.8) is 0 Å². The van der Waals surface area contributed by atoms with Crippen molar-refractivity contribution in [2.24, 2.45) is 5.92 Å². The largest absolute Gasteiger partial charge is 0.508 e. The molecule has 0 fully saturated rings. The molecule has 0 aliphatic heterocycles. The Hall–Kier alpha value is -2.02. The van der Waals surface area contributed by atoms with E-state index in [0.29, 0.717) is 11.7 Å². The zero-order valence-corrected chi connectivity index (χ0v) is 15.6. The van der Waals surface area contributed by atoms with Gasteiger partial charge in [-0.05, 0) is 63.6 Å². The first-order chi connectivity index (χ1) is 11.1. The molecule has 126 valence electrons. The van der Waals surface area contributed by atoms with E-state index in [9.17, 15) is 5.11 Å². The van der Waals surface area contributed by atoms with Gasteiger partial charge < -0.3 is 5.11 Å². The van der Waals surface area contributed by atoms with Crippen molar-refractivity contribution in [1.29, 1.82) is 0 Å². The van der Waals surface area contributed by atoms with Gasteiger partial charge in [0.25, 0.3) is 0 Å². The summed E-state index contributed by atoms with van der Waals surface area (Å²) in [5.41, 5.74) is 7.01. The molecule has 1 heteroatoms. The summed E-state index contributed by atoms with van der Waals surface area (Å²) >= 11 is 0. The summed E-state index contributed by atoms with van der Waals surface area (Å²) in [5.74, 6) is 0.914. The zero-order chi connectivity index (χ0) is 17.7. The molecule has 1 nitrogen and oxygen atoms in total. The summed E-state index contributed by atoms with van der Waals surface area (Å²) < 4.78 is 0. The average Bonchev–Trinajstić information content (AvgIpc) is 2.67. The molecule has 0 saturated carbocycles. The minimum atomic E-state index is 0.188. The van der Waals surface area contributed by atoms with Gasteiger partial charge in [0.05, 0.1) is 0 Å². The first kappa shape index (κ1) is 16.8. The van der Waals surface area contributed by atoms with E-state index in [-0.39, 0.29) is 10.8 Å². The van der Waals surface area contributed by atoms with Crippen LogP contribution in [0.15, 0.2) is 42.5 Å². The molecular weight excluding hydrogens is 292 g/mol. The maximum absolute atomic E-state index is 9.42. The lowest BCUT2D eigenvalue weighted by molar-refractivity contribution is 0.264. The average molecular weight is 320 g/mol. The number of hydrogen-bond acceptors (Lipinski definition) is 1. The highest BCUT2D eigenvalue weighted by Gasteiger charge is 2.48. The molecule has 0 radical (unpaired) electrons. The molecular formula is C23H28O. The Balaban J connectivity index is 2.03. The summed E-state index contributed by atoms with van der Waals surface area (Å²) in [7, 11) is 0. The van der Waals surface area contributed by atoms with Gasteiger partial charge in [0.1, 0.15) is 5.75 Å². The maximum atomic E-state index is 9.42. The van der Waals surface area contributed by atoms with Gasteiger partial charge in [-0.1, -0.05) is 71.0 Å². The van der Waals surface area contributed by atoms with Crippen LogP contribution in [0, 0.1) is 5.92 Å². The topological polar surface area (TPSA) is 20.2 Å². The fourth-order valence-corrected chi connectivity index (χ4v) is 4.16. The second-order valence-corrected chi connectivity index (χ2v) is 8.34. The van der Waals surface area contributed by atoms with Gasteiger partial charge in [-0.25, -0.2) is 0 Å². The third-order valence-corrected chi connectivity index (χ3v) is 6.30. The lowest BCUT2D eigenvalue weighted by Gasteiger charge is -2.32. The van der Waals surface area contributed by atoms with Crippen LogP contribution in [-0.2, 0) is 10.8 Å². The predicted molar refractivity (Wildman–Crippen MR) is 103 cm³/mol. The van der Waals surface area contributed by atoms with Gasteiger partial charge in [-0.2, -0.15) is 0 Å². The second kappa shape index (κ2) is 5.51. The van der Waals surface area contributed by atoms with Gasteiger partial charge in [0.2, 0.25) is 0 Å². The summed E-state index contributed by atoms with van der Waals surface area (Å²) in [6.07, 6.45) is 2.18. The Bertz CT molecular complexity index is 791. The van der Waals surface area contributed by atoms with Crippen molar-refractivity contribution in [2.75, 3.05) is 0 Å². The third-order valence-electron chi connectivity index (χ3n) is 6.30. The molecule has 1 atom stereocenters. The van der Waals surface area contributed by atoms with Crippen LogP contribution in [0.5, 0.6) is 5.75 Å². The van der Waals surface area contributed by atoms with Crippen LogP contribution in [0.2, 0.25) is 0 Å². The van der Waals surface area contributed by atoms with E-state index in [1.54, 1.807) is 12.1 Å². The molecule has 1 N–H and O–H groups in total. The van der Waals surface area contributed by atoms with Crippen molar-refractivity contribution in [3.05, 3.63) is 64.7 Å². The van der Waals surface area contributed by atoms with Crippen LogP contribution >= 0.6 is 0 Å². The number of benzene rings is 2. The smallest absolute Gasteiger partial charge is 0.115 e. The molecule has 3 rings (SSSR count). The minimum absolute atomic E-state index is 0.188. The van der Waals surface area contributed by atoms with Gasteiger partial charge in [0, 0.05) is 0 Å². The Morgan fingerprint density at radius 2 is 1.50 bits per heavy atom. The Morgan fingerprint density at radius 1 is 0.917 bits per heavy atom. The molecule has 0 bridgehead atoms. The van der Waals surface area contributed by atoms with Crippen LogP contribution < -0.4 is 0 Å². The van der Waals surface area contributed by atoms with Crippen LogP contribution in [0.1, 0.15) is 63.8 Å². The molecule has 0 amide bonds. The molecule has 0 heterocycles. The third kappa shape index (κ3) is 2.56. The highest BCUT2D eigenvalue weighted by atomic mass is 16.3. The van der Waals surface area contributed by atoms with E-state index in [0.717, 1.165) is 5.56 Å². The molecule has 0 aromatic heterocycles. The van der Waals surface area contributed by atoms with Crippen molar-refractivity contribution in [1.82, 2.24) is 0 Å². The maximum Gasteiger partial charge on any atom is 0.115 e. The van der Waals surface area contributed by atoms with Crippen LogP contribution in [0.3, 0.4) is 0 Å². The summed E-state index contributed by atoms with van der Waals surface area (Å²) in [5, 5.41) is 9.42. The van der Waals surface area contributed by atoms with Crippen LogP contribution in [0.4, 0.5) is 0 Å². The Labute approximate surface area is 146 Å². The lowest BCUT2D eigenvalue weighted by atomic mass is 9.71. The van der Waals surface area contributed by atoms with Gasteiger partial charge >= 0.3 is 0 Å². The van der Waals surface area contributed by atoms with Crippen molar-refractivity contribution < 1.29 is 5.11 Å². The summed E-state index contributed by atoms with van der Waals surface area (Å²) in [6.45, 7) is 14.0. The summed E-state index contributed by atoms with van der Waals surface area (Å²) in [4.78, 5) is 0. The first-order valence-electron chi connectivity index (χ1n) is 8.77. The van der Waals surface area contributed by atoms with E-state index in [4.69, 9.17) is 0 Å². The SMILES string of the molecule is CC(=Cc1ccc(O)cc1)c1ccc2c(c1)C(C)(C)C(C)C2(C)C. The van der Waals surface area contributed by atoms with E-state index in [1.165, 1.54) is 22.3 Å². The second-order valence-electron chi connectivity index (χ2n) is 8.34. The first-order valence-corrected chi connectivity index (χ1v) is 8.77. The molecule has 0 spiro atoms. The molecule has 24 heavy (non-hydrogen) atoms. The molecule has 0 saturated heterocycles. The number of allylic oxidation sites excluding steroid dienone is 1. The van der Waals surface area contributed by atoms with E-state index in [2.05, 4.69) is 65.8 Å². The van der Waals surface area contributed by atoms with Crippen molar-refractivity contribution in [3.8, 4) is 5.75 Å². The van der Waals surface area contributed by atoms with Gasteiger partial charge in [0.15, 0.2) is 0 Å². The van der Waals surface area contributed by atoms with Gasteiger partial charge in [-0.15, -0.1) is 0 Å². The normalized spacial score (nSPS) is 21.6. The molecule has 1 aliphatic rings. The van der Waals surface area contributed by atoms with Crippen molar-refractivity contribution in [2.45, 2.75) is 52.4 Å².